The van der Waals surface area contributed by atoms with Crippen LogP contribution in [0.4, 0.5) is 16.5 Å². The highest BCUT2D eigenvalue weighted by Crippen LogP contribution is 2.33. The Balaban J connectivity index is 1.49. The molecule has 0 aliphatic carbocycles. The van der Waals surface area contributed by atoms with Crippen molar-refractivity contribution in [3.05, 3.63) is 88.0 Å². The van der Waals surface area contributed by atoms with Crippen molar-refractivity contribution in [2.45, 2.75) is 12.8 Å². The van der Waals surface area contributed by atoms with Gasteiger partial charge in [-0.15, -0.1) is 0 Å². The van der Waals surface area contributed by atoms with Gasteiger partial charge in [-0.1, -0.05) is 11.3 Å². The standard InChI is InChI=1S/C26H19N5O6S/c1-37-20-10-11-21-22(14-20)38-26(28-21)30(27-15-16-2-6-19(7-3-16)31(35)36)25(34)17-4-8-18(9-5-17)29-23(32)12-13-24(29)33/h2-11,14-15H,12-13H2,1H3/b27-15+. The normalized spacial score (nSPS) is 13.4. The van der Waals surface area contributed by atoms with Crippen LogP contribution in [0.25, 0.3) is 10.2 Å². The van der Waals surface area contributed by atoms with Crippen LogP contribution in [0.15, 0.2) is 71.8 Å². The molecule has 0 saturated carbocycles. The second kappa shape index (κ2) is 10.2. The molecule has 12 heteroatoms. The van der Waals surface area contributed by atoms with E-state index < -0.39 is 10.8 Å². The molecule has 4 aromatic rings. The molecule has 1 aromatic heterocycles. The molecular formula is C26H19N5O6S. The van der Waals surface area contributed by atoms with Gasteiger partial charge in [0.1, 0.15) is 5.75 Å². The predicted molar refractivity (Wildman–Crippen MR) is 142 cm³/mol. The summed E-state index contributed by atoms with van der Waals surface area (Å²) >= 11 is 1.24. The fraction of sp³-hybridized carbons (Fsp3) is 0.115. The molecule has 3 aromatic carbocycles. The summed E-state index contributed by atoms with van der Waals surface area (Å²) in [7, 11) is 1.56. The maximum absolute atomic E-state index is 13.6. The quantitative estimate of drug-likeness (QED) is 0.148. The smallest absolute Gasteiger partial charge is 0.280 e. The second-order valence-electron chi connectivity index (χ2n) is 8.21. The zero-order chi connectivity index (χ0) is 26.8. The van der Waals surface area contributed by atoms with Crippen LogP contribution in [0.5, 0.6) is 5.75 Å². The van der Waals surface area contributed by atoms with Crippen molar-refractivity contribution in [2.24, 2.45) is 5.10 Å². The van der Waals surface area contributed by atoms with Gasteiger partial charge in [0.25, 0.3) is 11.6 Å². The van der Waals surface area contributed by atoms with Gasteiger partial charge >= 0.3 is 0 Å². The van der Waals surface area contributed by atoms with E-state index >= 15 is 0 Å². The number of benzene rings is 3. The zero-order valence-corrected chi connectivity index (χ0v) is 20.8. The molecule has 3 amide bonds. The van der Waals surface area contributed by atoms with E-state index in [2.05, 4.69) is 10.1 Å². The largest absolute Gasteiger partial charge is 0.497 e. The molecule has 190 valence electrons. The Morgan fingerprint density at radius 2 is 1.76 bits per heavy atom. The van der Waals surface area contributed by atoms with Crippen molar-refractivity contribution in [3.63, 3.8) is 0 Å². The van der Waals surface area contributed by atoms with Crippen LogP contribution in [-0.2, 0) is 9.59 Å². The summed E-state index contributed by atoms with van der Waals surface area (Å²) in [5.41, 5.74) is 1.77. The molecule has 0 unspecified atom stereocenters. The molecule has 0 radical (unpaired) electrons. The maximum Gasteiger partial charge on any atom is 0.280 e. The monoisotopic (exact) mass is 529 g/mol. The molecule has 1 saturated heterocycles. The fourth-order valence-electron chi connectivity index (χ4n) is 3.85. The summed E-state index contributed by atoms with van der Waals surface area (Å²) in [4.78, 5) is 53.8. The number of ether oxygens (including phenoxy) is 1. The molecule has 5 rings (SSSR count). The first-order valence-electron chi connectivity index (χ1n) is 11.4. The van der Waals surface area contributed by atoms with E-state index in [0.29, 0.717) is 27.6 Å². The first-order valence-corrected chi connectivity index (χ1v) is 12.2. The minimum atomic E-state index is -0.501. The highest BCUT2D eigenvalue weighted by atomic mass is 32.1. The number of nitro benzene ring substituents is 1. The van der Waals surface area contributed by atoms with E-state index in [4.69, 9.17) is 4.74 Å². The van der Waals surface area contributed by atoms with Gasteiger partial charge < -0.3 is 4.74 Å². The van der Waals surface area contributed by atoms with E-state index in [1.165, 1.54) is 66.1 Å². The number of hydrogen-bond donors (Lipinski definition) is 0. The number of carbonyl (C=O) groups is 3. The van der Waals surface area contributed by atoms with Crippen molar-refractivity contribution in [3.8, 4) is 5.75 Å². The van der Waals surface area contributed by atoms with Gasteiger partial charge in [0.05, 0.1) is 34.2 Å². The van der Waals surface area contributed by atoms with E-state index in [1.54, 1.807) is 25.3 Å². The lowest BCUT2D eigenvalue weighted by Gasteiger charge is -2.16. The zero-order valence-electron chi connectivity index (χ0n) is 19.9. The number of hydrazone groups is 1. The van der Waals surface area contributed by atoms with Gasteiger partial charge in [-0.05, 0) is 60.2 Å². The van der Waals surface area contributed by atoms with Gasteiger partial charge in [-0.2, -0.15) is 10.1 Å². The lowest BCUT2D eigenvalue weighted by Crippen LogP contribution is -2.29. The molecule has 0 bridgehead atoms. The topological polar surface area (TPSA) is 135 Å². The number of non-ortho nitro benzene ring substituents is 1. The molecule has 38 heavy (non-hydrogen) atoms. The van der Waals surface area contributed by atoms with Gasteiger partial charge in [0.2, 0.25) is 16.9 Å². The van der Waals surface area contributed by atoms with Gasteiger partial charge in [0, 0.05) is 30.5 Å². The minimum absolute atomic E-state index is 0.0646. The summed E-state index contributed by atoms with van der Waals surface area (Å²) in [6.45, 7) is 0. The molecule has 1 aliphatic heterocycles. The van der Waals surface area contributed by atoms with Crippen LogP contribution in [-0.4, -0.2) is 41.0 Å². The lowest BCUT2D eigenvalue weighted by atomic mass is 10.2. The number of carbonyl (C=O) groups excluding carboxylic acids is 3. The predicted octanol–water partition coefficient (Wildman–Crippen LogP) is 4.55. The molecule has 0 spiro atoms. The van der Waals surface area contributed by atoms with E-state index in [9.17, 15) is 24.5 Å². The van der Waals surface area contributed by atoms with E-state index in [-0.39, 0.29) is 35.9 Å². The molecular weight excluding hydrogens is 510 g/mol. The summed E-state index contributed by atoms with van der Waals surface area (Å²) in [5, 5.41) is 16.7. The van der Waals surface area contributed by atoms with Crippen molar-refractivity contribution in [1.82, 2.24) is 4.98 Å². The first kappa shape index (κ1) is 24.7. The number of imide groups is 1. The number of rotatable bonds is 7. The van der Waals surface area contributed by atoms with Crippen molar-refractivity contribution in [1.29, 1.82) is 0 Å². The molecule has 11 nitrogen and oxygen atoms in total. The van der Waals surface area contributed by atoms with Crippen LogP contribution in [0.1, 0.15) is 28.8 Å². The number of amides is 3. The van der Waals surface area contributed by atoms with Crippen molar-refractivity contribution < 1.29 is 24.0 Å². The number of hydrogen-bond acceptors (Lipinski definition) is 9. The van der Waals surface area contributed by atoms with Crippen LogP contribution in [0.2, 0.25) is 0 Å². The highest BCUT2D eigenvalue weighted by Gasteiger charge is 2.30. The minimum Gasteiger partial charge on any atom is -0.497 e. The van der Waals surface area contributed by atoms with Crippen molar-refractivity contribution in [2.75, 3.05) is 17.0 Å². The third-order valence-electron chi connectivity index (χ3n) is 5.81. The van der Waals surface area contributed by atoms with Crippen molar-refractivity contribution >= 4 is 62.0 Å². The molecule has 1 fully saturated rings. The van der Waals surface area contributed by atoms with Crippen LogP contribution in [0.3, 0.4) is 0 Å². The average molecular weight is 530 g/mol. The third kappa shape index (κ3) is 4.84. The number of fused-ring (bicyclic) bond motifs is 1. The number of aromatic nitrogens is 1. The van der Waals surface area contributed by atoms with Crippen LogP contribution in [0, 0.1) is 10.1 Å². The summed E-state index contributed by atoms with van der Waals surface area (Å²) < 4.78 is 6.06. The Bertz CT molecular complexity index is 1580. The fourth-order valence-corrected chi connectivity index (χ4v) is 4.80. The first-order chi connectivity index (χ1) is 18.3. The van der Waals surface area contributed by atoms with Gasteiger partial charge in [0.15, 0.2) is 0 Å². The average Bonchev–Trinajstić information content (AvgIpc) is 3.50. The Labute approximate surface area is 219 Å². The number of thiazole rings is 1. The Morgan fingerprint density at radius 1 is 1.08 bits per heavy atom. The maximum atomic E-state index is 13.6. The van der Waals surface area contributed by atoms with Gasteiger partial charge in [-0.3, -0.25) is 29.4 Å². The summed E-state index contributed by atoms with van der Waals surface area (Å²) in [6.07, 6.45) is 1.73. The molecule has 2 heterocycles. The van der Waals surface area contributed by atoms with Crippen LogP contribution >= 0.6 is 11.3 Å². The number of nitro groups is 1. The van der Waals surface area contributed by atoms with Crippen LogP contribution < -0.4 is 14.6 Å². The number of nitrogens with zero attached hydrogens (tertiary/aromatic N) is 5. The lowest BCUT2D eigenvalue weighted by molar-refractivity contribution is -0.384. The van der Waals surface area contributed by atoms with E-state index in [0.717, 1.165) is 14.6 Å². The molecule has 0 N–H and O–H groups in total. The second-order valence-corrected chi connectivity index (χ2v) is 9.22. The Hall–Kier alpha value is -4.97. The Morgan fingerprint density at radius 3 is 2.39 bits per heavy atom. The highest BCUT2D eigenvalue weighted by molar-refractivity contribution is 7.22. The summed E-state index contributed by atoms with van der Waals surface area (Å²) in [6, 6.07) is 17.2. The summed E-state index contributed by atoms with van der Waals surface area (Å²) in [5.74, 6) is -0.428. The third-order valence-corrected chi connectivity index (χ3v) is 6.80. The van der Waals surface area contributed by atoms with E-state index in [1.807, 2.05) is 0 Å². The molecule has 0 atom stereocenters. The molecule has 1 aliphatic rings. The number of methoxy groups -OCH3 is 1. The number of anilines is 2. The Kier molecular flexibility index (Phi) is 6.62. The SMILES string of the molecule is COc1ccc2nc(N(/N=C/c3ccc([N+](=O)[O-])cc3)C(=O)c3ccc(N4C(=O)CCC4=O)cc3)sc2c1. The van der Waals surface area contributed by atoms with Gasteiger partial charge in [-0.25, -0.2) is 4.98 Å².